The molecule has 0 aliphatic heterocycles. The smallest absolute Gasteiger partial charge is 1.00 e. The molecular weight excluding hydrogens is 601 g/mol. The van der Waals surface area contributed by atoms with Crippen LogP contribution in [0.4, 0.5) is 0 Å². The van der Waals surface area contributed by atoms with Crippen LogP contribution in [0.15, 0.2) is 117 Å². The molecule has 0 heterocycles. The Morgan fingerprint density at radius 2 is 1.32 bits per heavy atom. The van der Waals surface area contributed by atoms with Gasteiger partial charge in [-0.15, -0.1) is 10.6 Å². The van der Waals surface area contributed by atoms with Crippen LogP contribution in [-0.4, -0.2) is 4.21 Å². The molecule has 0 aromatic heterocycles. The van der Waals surface area contributed by atoms with Crippen LogP contribution >= 0.6 is 0 Å². The van der Waals surface area contributed by atoms with Crippen LogP contribution in [0.2, 0.25) is 0 Å². The van der Waals surface area contributed by atoms with Crippen LogP contribution in [-0.2, 0) is 34.0 Å². The molecule has 38 heavy (non-hydrogen) atoms. The van der Waals surface area contributed by atoms with Crippen molar-refractivity contribution in [3.63, 3.8) is 0 Å². The Balaban J connectivity index is 0.000000511. The number of hydrogen-bond acceptors (Lipinski definition) is 2. The summed E-state index contributed by atoms with van der Waals surface area (Å²) in [7, 11) is -3.91. The Labute approximate surface area is 246 Å². The van der Waals surface area contributed by atoms with Gasteiger partial charge in [0.1, 0.15) is 0 Å². The topological polar surface area (TPSA) is 71.6 Å². The van der Waals surface area contributed by atoms with E-state index in [1.165, 1.54) is 12.1 Å². The second kappa shape index (κ2) is 15.7. The van der Waals surface area contributed by atoms with E-state index in [1.807, 2.05) is 26.0 Å². The fraction of sp³-hybridized carbons (Fsp3) is 0.226. The van der Waals surface area contributed by atoms with Gasteiger partial charge in [-0.2, -0.15) is 0 Å². The fourth-order valence-corrected chi connectivity index (χ4v) is 4.52. The van der Waals surface area contributed by atoms with Crippen molar-refractivity contribution in [2.75, 3.05) is 0 Å². The first-order valence-corrected chi connectivity index (χ1v) is 13.2. The molecule has 4 rings (SSSR count). The van der Waals surface area contributed by atoms with Gasteiger partial charge in [0.2, 0.25) is 10.0 Å². The molecule has 0 saturated carbocycles. The molecule has 196 valence electrons. The zero-order valence-corrected chi connectivity index (χ0v) is 25.0. The summed E-state index contributed by atoms with van der Waals surface area (Å²) in [5, 5.41) is 0. The Bertz CT molecular complexity index is 1470. The second-order valence-electron chi connectivity index (χ2n) is 8.80. The molecule has 0 amide bonds. The van der Waals surface area contributed by atoms with E-state index in [0.717, 1.165) is 16.7 Å². The Kier molecular flexibility index (Phi) is 13.7. The maximum atomic E-state index is 12.8. The van der Waals surface area contributed by atoms with E-state index in [9.17, 15) is 14.5 Å². The van der Waals surface area contributed by atoms with Gasteiger partial charge in [0.15, 0.2) is 0 Å². The Hall–Kier alpha value is -2.70. The molecule has 0 bridgehead atoms. The van der Waals surface area contributed by atoms with Crippen molar-refractivity contribution in [2.24, 2.45) is 10.3 Å². The molecule has 4 nitrogen and oxygen atoms in total. The zero-order chi connectivity index (χ0) is 26.1. The van der Waals surface area contributed by atoms with Crippen molar-refractivity contribution in [1.82, 2.24) is 0 Å². The van der Waals surface area contributed by atoms with E-state index in [4.69, 9.17) is 0 Å². The minimum atomic E-state index is -3.91. The molecule has 2 radical (unpaired) electrons. The first-order valence-electron chi connectivity index (χ1n) is 11.7. The first-order chi connectivity index (χ1) is 17.2. The molecule has 3 aromatic rings. The molecule has 0 fully saturated rings. The predicted octanol–water partition coefficient (Wildman–Crippen LogP) is 4.78. The molecule has 1 unspecified atom stereocenters. The monoisotopic (exact) mass is 630 g/mol. The van der Waals surface area contributed by atoms with Gasteiger partial charge in [-0.05, 0) is 37.5 Å². The summed E-state index contributed by atoms with van der Waals surface area (Å²) in [6.45, 7) is 8.05. The summed E-state index contributed by atoms with van der Waals surface area (Å²) in [5.74, 6) is 6.47. The van der Waals surface area contributed by atoms with Gasteiger partial charge in [0.25, 0.3) is 0 Å². The number of allylic oxidation sites excluding steroid dienone is 2. The largest absolute Gasteiger partial charge is 2.00 e. The SMILES string of the molecule is CC1=C=C=C(C(C)C)C#C1.Cc1ccc(S([O])(=O)=N[C@H](c2ccccc2)[C@H]([N-])c2ccccc2)cc1.[Cl-].[Ru+2]. The van der Waals surface area contributed by atoms with E-state index in [1.54, 1.807) is 60.7 Å². The van der Waals surface area contributed by atoms with E-state index in [2.05, 4.69) is 41.5 Å². The van der Waals surface area contributed by atoms with Crippen LogP contribution in [0.25, 0.3) is 5.73 Å². The number of aryl methyl sites for hydroxylation is 1. The van der Waals surface area contributed by atoms with Crippen LogP contribution < -0.4 is 12.4 Å². The van der Waals surface area contributed by atoms with E-state index < -0.39 is 22.1 Å². The summed E-state index contributed by atoms with van der Waals surface area (Å²) < 4.78 is 29.6. The average Bonchev–Trinajstić information content (AvgIpc) is 2.89. The van der Waals surface area contributed by atoms with Crippen LogP contribution in [0.5, 0.6) is 0 Å². The molecule has 3 atom stereocenters. The maximum absolute atomic E-state index is 12.8. The second-order valence-corrected chi connectivity index (χ2v) is 10.4. The van der Waals surface area contributed by atoms with Crippen molar-refractivity contribution in [3.8, 4) is 11.8 Å². The van der Waals surface area contributed by atoms with Crippen LogP contribution in [0.3, 0.4) is 0 Å². The molecule has 3 aromatic carbocycles. The summed E-state index contributed by atoms with van der Waals surface area (Å²) >= 11 is 0. The first kappa shape index (κ1) is 33.3. The summed E-state index contributed by atoms with van der Waals surface area (Å²) in [5.41, 5.74) is 21.1. The molecule has 1 aliphatic rings. The van der Waals surface area contributed by atoms with Gasteiger partial charge in [-0.3, -0.25) is 0 Å². The standard InChI is InChI=1S/C21H19N2O2S.C10H10.ClH.Ru/c1-16-12-14-19(15-13-16)26(24,25)23-21(18-10-6-3-7-11-18)20(22)17-8-4-2-5-9-17;1-8(2)10-6-4-9(3)5-7-10;;/h2-15,20-21H,1H3;8H,1-3H3;1H;/q-1;;;+2/p-1/t20-,21-;;;/m1.../s1. The molecule has 0 saturated heterocycles. The van der Waals surface area contributed by atoms with Crippen molar-refractivity contribution in [2.45, 2.75) is 44.7 Å². The van der Waals surface area contributed by atoms with Gasteiger partial charge < -0.3 is 18.1 Å². The minimum absolute atomic E-state index is 0. The molecule has 1 aliphatic carbocycles. The van der Waals surface area contributed by atoms with Gasteiger partial charge in [0.05, 0.1) is 16.5 Å². The molecule has 7 heteroatoms. The number of nitrogens with zero attached hydrogens (tertiary/aromatic N) is 2. The third-order valence-electron chi connectivity index (χ3n) is 5.50. The normalized spacial score (nSPS) is 14.4. The number of rotatable bonds is 6. The van der Waals surface area contributed by atoms with Gasteiger partial charge >= 0.3 is 19.5 Å². The predicted molar refractivity (Wildman–Crippen MR) is 145 cm³/mol. The minimum Gasteiger partial charge on any atom is -1.00 e. The van der Waals surface area contributed by atoms with Crippen LogP contribution in [0, 0.1) is 24.7 Å². The van der Waals surface area contributed by atoms with Crippen LogP contribution in [0.1, 0.15) is 49.5 Å². The third kappa shape index (κ3) is 9.56. The molecule has 0 spiro atoms. The van der Waals surface area contributed by atoms with Crippen molar-refractivity contribution >= 4 is 10.0 Å². The third-order valence-corrected chi connectivity index (χ3v) is 6.87. The van der Waals surface area contributed by atoms with Crippen molar-refractivity contribution in [1.29, 1.82) is 0 Å². The fourth-order valence-electron chi connectivity index (χ4n) is 3.38. The van der Waals surface area contributed by atoms with E-state index >= 15 is 0 Å². The Morgan fingerprint density at radius 1 is 0.789 bits per heavy atom. The van der Waals surface area contributed by atoms with E-state index in [-0.39, 0.29) is 36.8 Å². The zero-order valence-electron chi connectivity index (χ0n) is 21.7. The van der Waals surface area contributed by atoms with Crippen molar-refractivity contribution < 1.29 is 40.6 Å². The molecule has 0 N–H and O–H groups in total. The van der Waals surface area contributed by atoms with Gasteiger partial charge in [-0.25, -0.2) is 8.57 Å². The molecular formula is C31H29ClN2O2RuS. The van der Waals surface area contributed by atoms with Crippen molar-refractivity contribution in [3.05, 3.63) is 130 Å². The summed E-state index contributed by atoms with van der Waals surface area (Å²) in [6.07, 6.45) is 0. The summed E-state index contributed by atoms with van der Waals surface area (Å²) in [6, 6.07) is 22.5. The number of halogens is 1. The quantitative estimate of drug-likeness (QED) is 0.220. The van der Waals surface area contributed by atoms with Gasteiger partial charge in [0, 0.05) is 5.57 Å². The summed E-state index contributed by atoms with van der Waals surface area (Å²) in [4.78, 5) is 0.115. The van der Waals surface area contributed by atoms with Gasteiger partial charge in [-0.1, -0.05) is 121 Å². The number of benzene rings is 3. The Morgan fingerprint density at radius 3 is 1.79 bits per heavy atom. The van der Waals surface area contributed by atoms with E-state index in [0.29, 0.717) is 17.0 Å². The number of hydrogen-bond donors (Lipinski definition) is 0. The maximum Gasteiger partial charge on any atom is 2.00 e. The average molecular weight is 630 g/mol.